The van der Waals surface area contributed by atoms with Crippen LogP contribution in [0.15, 0.2) is 49.2 Å². The molecule has 5 heteroatoms. The fourth-order valence-corrected chi connectivity index (χ4v) is 3.30. The summed E-state index contributed by atoms with van der Waals surface area (Å²) in [5.41, 5.74) is 1.03. The van der Waals surface area contributed by atoms with E-state index in [2.05, 4.69) is 21.5 Å². The Labute approximate surface area is 121 Å². The molecule has 0 bridgehead atoms. The second-order valence-corrected chi connectivity index (χ2v) is 5.61. The zero-order valence-corrected chi connectivity index (χ0v) is 11.9. The summed E-state index contributed by atoms with van der Waals surface area (Å²) in [6, 6.07) is 7.42. The predicted octanol–water partition coefficient (Wildman–Crippen LogP) is 3.71. The van der Waals surface area contributed by atoms with Crippen LogP contribution in [0.3, 0.4) is 0 Å². The molecule has 2 heterocycles. The van der Waals surface area contributed by atoms with E-state index in [0.29, 0.717) is 0 Å². The van der Waals surface area contributed by atoms with Gasteiger partial charge in [0.05, 0.1) is 12.4 Å². The molecule has 0 fully saturated rings. The van der Waals surface area contributed by atoms with E-state index in [4.69, 9.17) is 0 Å². The minimum absolute atomic E-state index is 0.273. The fraction of sp³-hybridized carbons (Fsp3) is 0.200. The molecular weight excluding hydrogens is 270 g/mol. The van der Waals surface area contributed by atoms with E-state index in [1.165, 1.54) is 4.88 Å². The van der Waals surface area contributed by atoms with Crippen molar-refractivity contribution in [2.75, 3.05) is 0 Å². The quantitative estimate of drug-likeness (QED) is 0.795. The molecule has 2 aromatic heterocycles. The van der Waals surface area contributed by atoms with Gasteiger partial charge in [-0.2, -0.15) is 0 Å². The number of phenolic OH excluding ortho intramolecular Hbond substituents is 1. The van der Waals surface area contributed by atoms with Crippen LogP contribution in [0.1, 0.15) is 24.3 Å². The van der Waals surface area contributed by atoms with E-state index in [0.717, 1.165) is 17.0 Å². The minimum Gasteiger partial charge on any atom is -0.508 e. The molecule has 3 rings (SSSR count). The Morgan fingerprint density at radius 2 is 2.10 bits per heavy atom. The third kappa shape index (κ3) is 2.44. The van der Waals surface area contributed by atoms with Gasteiger partial charge in [-0.25, -0.2) is 9.97 Å². The summed E-state index contributed by atoms with van der Waals surface area (Å²) in [5, 5.41) is 10.3. The predicted molar refractivity (Wildman–Crippen MR) is 79.9 cm³/mol. The zero-order chi connectivity index (χ0) is 13.9. The number of thiazole rings is 1. The molecule has 1 atom stereocenters. The highest BCUT2D eigenvalue weighted by Crippen LogP contribution is 2.32. The van der Waals surface area contributed by atoms with Crippen LogP contribution in [0.2, 0.25) is 0 Å². The standard InChI is InChI=1S/C15H15N3OS/c1-2-13(18-8-7-16-10-18)14-9-17-15(20-14)11-3-5-12(19)6-4-11/h3-10,13,19H,2H2,1H3. The van der Waals surface area contributed by atoms with Crippen molar-refractivity contribution in [3.8, 4) is 16.3 Å². The first kappa shape index (κ1) is 12.9. The number of hydrogen-bond donors (Lipinski definition) is 1. The molecule has 102 valence electrons. The fourth-order valence-electron chi connectivity index (χ4n) is 2.19. The monoisotopic (exact) mass is 285 g/mol. The second-order valence-electron chi connectivity index (χ2n) is 4.55. The van der Waals surface area contributed by atoms with Gasteiger partial charge in [0.2, 0.25) is 0 Å². The van der Waals surface area contributed by atoms with Gasteiger partial charge in [-0.05, 0) is 30.7 Å². The van der Waals surface area contributed by atoms with E-state index in [1.54, 1.807) is 29.7 Å². The van der Waals surface area contributed by atoms with E-state index in [9.17, 15) is 5.11 Å². The van der Waals surface area contributed by atoms with Gasteiger partial charge in [0.25, 0.3) is 0 Å². The minimum atomic E-state index is 0.273. The number of aromatic nitrogens is 3. The number of phenols is 1. The van der Waals surface area contributed by atoms with Crippen LogP contribution >= 0.6 is 11.3 Å². The van der Waals surface area contributed by atoms with Gasteiger partial charge >= 0.3 is 0 Å². The first-order valence-corrected chi connectivity index (χ1v) is 7.32. The molecule has 1 unspecified atom stereocenters. The number of aromatic hydroxyl groups is 1. The van der Waals surface area contributed by atoms with Crippen LogP contribution in [-0.4, -0.2) is 19.6 Å². The lowest BCUT2D eigenvalue weighted by molar-refractivity contribution is 0.475. The molecule has 0 saturated carbocycles. The lowest BCUT2D eigenvalue weighted by Crippen LogP contribution is -2.05. The molecule has 0 radical (unpaired) electrons. The molecule has 0 amide bonds. The smallest absolute Gasteiger partial charge is 0.123 e. The maximum Gasteiger partial charge on any atom is 0.123 e. The third-order valence-electron chi connectivity index (χ3n) is 3.24. The molecule has 1 N–H and O–H groups in total. The second kappa shape index (κ2) is 5.46. The largest absolute Gasteiger partial charge is 0.508 e. The van der Waals surface area contributed by atoms with Crippen molar-refractivity contribution in [2.24, 2.45) is 0 Å². The van der Waals surface area contributed by atoms with Gasteiger partial charge in [0.1, 0.15) is 10.8 Å². The Morgan fingerprint density at radius 1 is 1.30 bits per heavy atom. The van der Waals surface area contributed by atoms with Gasteiger partial charge < -0.3 is 9.67 Å². The molecular formula is C15H15N3OS. The first-order valence-electron chi connectivity index (χ1n) is 6.50. The van der Waals surface area contributed by atoms with Crippen molar-refractivity contribution >= 4 is 11.3 Å². The van der Waals surface area contributed by atoms with E-state index < -0.39 is 0 Å². The highest BCUT2D eigenvalue weighted by atomic mass is 32.1. The van der Waals surface area contributed by atoms with E-state index in [1.807, 2.05) is 30.9 Å². The highest BCUT2D eigenvalue weighted by Gasteiger charge is 2.15. The third-order valence-corrected chi connectivity index (χ3v) is 4.39. The van der Waals surface area contributed by atoms with Gasteiger partial charge in [-0.1, -0.05) is 6.92 Å². The number of benzene rings is 1. The average molecular weight is 285 g/mol. The topological polar surface area (TPSA) is 50.9 Å². The number of imidazole rings is 1. The van der Waals surface area contributed by atoms with Crippen LogP contribution in [0.25, 0.3) is 10.6 Å². The van der Waals surface area contributed by atoms with Crippen molar-refractivity contribution in [2.45, 2.75) is 19.4 Å². The van der Waals surface area contributed by atoms with E-state index in [-0.39, 0.29) is 11.8 Å². The summed E-state index contributed by atoms with van der Waals surface area (Å²) in [4.78, 5) is 9.82. The van der Waals surface area contributed by atoms with Crippen LogP contribution < -0.4 is 0 Å². The van der Waals surface area contributed by atoms with Crippen molar-refractivity contribution in [1.82, 2.24) is 14.5 Å². The Balaban J connectivity index is 1.91. The molecule has 0 aliphatic carbocycles. The molecule has 20 heavy (non-hydrogen) atoms. The molecule has 0 aliphatic heterocycles. The van der Waals surface area contributed by atoms with Crippen LogP contribution in [-0.2, 0) is 0 Å². The van der Waals surface area contributed by atoms with Crippen molar-refractivity contribution in [1.29, 1.82) is 0 Å². The van der Waals surface area contributed by atoms with Crippen molar-refractivity contribution in [3.05, 3.63) is 54.1 Å². The summed E-state index contributed by atoms with van der Waals surface area (Å²) in [7, 11) is 0. The number of nitrogens with zero attached hydrogens (tertiary/aromatic N) is 3. The van der Waals surface area contributed by atoms with E-state index >= 15 is 0 Å². The van der Waals surface area contributed by atoms with Gasteiger partial charge in [0.15, 0.2) is 0 Å². The molecule has 4 nitrogen and oxygen atoms in total. The Kier molecular flexibility index (Phi) is 3.52. The SMILES string of the molecule is CCC(c1cnc(-c2ccc(O)cc2)s1)n1ccnc1. The van der Waals surface area contributed by atoms with Gasteiger partial charge in [-0.15, -0.1) is 11.3 Å². The molecule has 0 aliphatic rings. The molecule has 1 aromatic carbocycles. The summed E-state index contributed by atoms with van der Waals surface area (Å²) in [6.07, 6.45) is 8.54. The number of rotatable bonds is 4. The van der Waals surface area contributed by atoms with Crippen LogP contribution in [0.4, 0.5) is 0 Å². The van der Waals surface area contributed by atoms with Crippen LogP contribution in [0.5, 0.6) is 5.75 Å². The molecule has 3 aromatic rings. The number of hydrogen-bond acceptors (Lipinski definition) is 4. The lowest BCUT2D eigenvalue weighted by Gasteiger charge is -2.13. The lowest BCUT2D eigenvalue weighted by atomic mass is 10.2. The molecule has 0 spiro atoms. The summed E-state index contributed by atoms with van der Waals surface area (Å²) in [6.45, 7) is 2.16. The van der Waals surface area contributed by atoms with Gasteiger partial charge in [0, 0.05) is 29.0 Å². The van der Waals surface area contributed by atoms with Crippen LogP contribution in [0, 0.1) is 0 Å². The Bertz CT molecular complexity index is 673. The summed E-state index contributed by atoms with van der Waals surface area (Å²) < 4.78 is 2.11. The Morgan fingerprint density at radius 3 is 2.75 bits per heavy atom. The maximum absolute atomic E-state index is 9.33. The highest BCUT2D eigenvalue weighted by molar-refractivity contribution is 7.15. The Hall–Kier alpha value is -2.14. The van der Waals surface area contributed by atoms with Crippen molar-refractivity contribution in [3.63, 3.8) is 0 Å². The summed E-state index contributed by atoms with van der Waals surface area (Å²) in [5.74, 6) is 0.273. The summed E-state index contributed by atoms with van der Waals surface area (Å²) >= 11 is 1.68. The normalized spacial score (nSPS) is 12.4. The first-order chi connectivity index (χ1) is 9.78. The molecule has 0 saturated heterocycles. The maximum atomic E-state index is 9.33. The average Bonchev–Trinajstić information content (AvgIpc) is 3.12. The van der Waals surface area contributed by atoms with Gasteiger partial charge in [-0.3, -0.25) is 0 Å². The zero-order valence-electron chi connectivity index (χ0n) is 11.1. The van der Waals surface area contributed by atoms with Crippen molar-refractivity contribution < 1.29 is 5.11 Å².